The lowest BCUT2D eigenvalue weighted by molar-refractivity contribution is -0.146. The van der Waals surface area contributed by atoms with Gasteiger partial charge >= 0.3 is 5.97 Å². The molecule has 0 aromatic heterocycles. The molecule has 0 aliphatic heterocycles. The second-order valence-corrected chi connectivity index (χ2v) is 7.04. The van der Waals surface area contributed by atoms with Crippen molar-refractivity contribution in [3.63, 3.8) is 0 Å². The Morgan fingerprint density at radius 2 is 1.54 bits per heavy atom. The second-order valence-electron chi connectivity index (χ2n) is 7.04. The molecule has 2 rings (SSSR count). The van der Waals surface area contributed by atoms with Crippen LogP contribution in [0.15, 0.2) is 43.0 Å². The van der Waals surface area contributed by atoms with Gasteiger partial charge in [-0.15, -0.1) is 0 Å². The van der Waals surface area contributed by atoms with E-state index in [1.807, 2.05) is 0 Å². The predicted octanol–water partition coefficient (Wildman–Crippen LogP) is 5.86. The average molecular weight is 328 g/mol. The summed E-state index contributed by atoms with van der Waals surface area (Å²) in [5.41, 5.74) is 1.34. The smallest absolute Gasteiger partial charge is 0.330 e. The molecule has 2 heteroatoms. The Bertz CT molecular complexity index is 480. The highest BCUT2D eigenvalue weighted by Gasteiger charge is 2.24. The van der Waals surface area contributed by atoms with Gasteiger partial charge in [0.2, 0.25) is 0 Å². The van der Waals surface area contributed by atoms with E-state index in [0.29, 0.717) is 5.92 Å². The van der Waals surface area contributed by atoms with Gasteiger partial charge in [-0.3, -0.25) is 0 Å². The van der Waals surface area contributed by atoms with Gasteiger partial charge in [0.1, 0.15) is 6.10 Å². The lowest BCUT2D eigenvalue weighted by Gasteiger charge is -2.27. The number of hydrogen-bond acceptors (Lipinski definition) is 2. The summed E-state index contributed by atoms with van der Waals surface area (Å²) >= 11 is 0. The SMILES string of the molecule is C=CC(=O)OC1CCCCCCCCCCC1Cc1ccccc1. The van der Waals surface area contributed by atoms with E-state index < -0.39 is 0 Å². The van der Waals surface area contributed by atoms with Crippen LogP contribution < -0.4 is 0 Å². The van der Waals surface area contributed by atoms with Crippen molar-refractivity contribution in [2.24, 2.45) is 5.92 Å². The quantitative estimate of drug-likeness (QED) is 0.511. The minimum absolute atomic E-state index is 0.0233. The van der Waals surface area contributed by atoms with Gasteiger partial charge in [0.05, 0.1) is 0 Å². The van der Waals surface area contributed by atoms with Crippen LogP contribution in [0.25, 0.3) is 0 Å². The van der Waals surface area contributed by atoms with E-state index in [-0.39, 0.29) is 12.1 Å². The summed E-state index contributed by atoms with van der Waals surface area (Å²) < 4.78 is 5.77. The molecule has 1 aliphatic rings. The number of rotatable bonds is 4. The van der Waals surface area contributed by atoms with Crippen molar-refractivity contribution < 1.29 is 9.53 Å². The summed E-state index contributed by atoms with van der Waals surface area (Å²) in [4.78, 5) is 11.8. The molecule has 1 aromatic rings. The number of hydrogen-bond donors (Lipinski definition) is 0. The number of carbonyl (C=O) groups is 1. The summed E-state index contributed by atoms with van der Waals surface area (Å²) in [6, 6.07) is 10.6. The summed E-state index contributed by atoms with van der Waals surface area (Å²) in [7, 11) is 0. The Labute approximate surface area is 147 Å². The zero-order valence-corrected chi connectivity index (χ0v) is 14.9. The van der Waals surface area contributed by atoms with E-state index in [1.165, 1.54) is 56.6 Å². The summed E-state index contributed by atoms with van der Waals surface area (Å²) in [5.74, 6) is 0.140. The first-order valence-electron chi connectivity index (χ1n) is 9.66. The van der Waals surface area contributed by atoms with Gasteiger partial charge in [0.15, 0.2) is 0 Å². The molecule has 0 heterocycles. The van der Waals surface area contributed by atoms with Gasteiger partial charge in [0.25, 0.3) is 0 Å². The van der Waals surface area contributed by atoms with Crippen molar-refractivity contribution in [1.29, 1.82) is 0 Å². The van der Waals surface area contributed by atoms with Gasteiger partial charge in [-0.05, 0) is 37.2 Å². The van der Waals surface area contributed by atoms with E-state index in [1.54, 1.807) is 0 Å². The van der Waals surface area contributed by atoms with Crippen molar-refractivity contribution in [2.75, 3.05) is 0 Å². The first-order valence-corrected chi connectivity index (χ1v) is 9.66. The second kappa shape index (κ2) is 11.1. The monoisotopic (exact) mass is 328 g/mol. The van der Waals surface area contributed by atoms with Crippen molar-refractivity contribution in [1.82, 2.24) is 0 Å². The van der Waals surface area contributed by atoms with Crippen LogP contribution in [-0.4, -0.2) is 12.1 Å². The minimum Gasteiger partial charge on any atom is -0.459 e. The zero-order chi connectivity index (χ0) is 17.0. The summed E-state index contributed by atoms with van der Waals surface area (Å²) in [5, 5.41) is 0. The van der Waals surface area contributed by atoms with Crippen molar-refractivity contribution in [2.45, 2.75) is 76.7 Å². The lowest BCUT2D eigenvalue weighted by atomic mass is 9.86. The molecule has 1 aromatic carbocycles. The molecule has 24 heavy (non-hydrogen) atoms. The van der Waals surface area contributed by atoms with E-state index in [2.05, 4.69) is 36.9 Å². The summed E-state index contributed by atoms with van der Waals surface area (Å²) in [6.07, 6.45) is 14.8. The molecular weight excluding hydrogens is 296 g/mol. The first-order chi connectivity index (χ1) is 11.8. The molecule has 2 nitrogen and oxygen atoms in total. The Kier molecular flexibility index (Phi) is 8.65. The number of esters is 1. The van der Waals surface area contributed by atoms with Crippen molar-refractivity contribution in [3.8, 4) is 0 Å². The molecule has 0 bridgehead atoms. The highest BCUT2D eigenvalue weighted by atomic mass is 16.5. The molecule has 2 atom stereocenters. The van der Waals surface area contributed by atoms with Gasteiger partial charge in [-0.1, -0.05) is 81.9 Å². The van der Waals surface area contributed by atoms with Gasteiger partial charge < -0.3 is 4.74 Å². The van der Waals surface area contributed by atoms with Crippen LogP contribution in [-0.2, 0) is 16.0 Å². The van der Waals surface area contributed by atoms with E-state index >= 15 is 0 Å². The minimum atomic E-state index is -0.273. The number of carbonyl (C=O) groups excluding carboxylic acids is 1. The third-order valence-electron chi connectivity index (χ3n) is 5.11. The highest BCUT2D eigenvalue weighted by Crippen LogP contribution is 2.27. The van der Waals surface area contributed by atoms with Crippen LogP contribution in [0.5, 0.6) is 0 Å². The lowest BCUT2D eigenvalue weighted by Crippen LogP contribution is -2.28. The van der Waals surface area contributed by atoms with Crippen LogP contribution in [0.4, 0.5) is 0 Å². The normalized spacial score (nSPS) is 23.5. The fourth-order valence-electron chi connectivity index (χ4n) is 3.74. The molecule has 0 spiro atoms. The third kappa shape index (κ3) is 6.90. The molecule has 0 radical (unpaired) electrons. The van der Waals surface area contributed by atoms with Crippen LogP contribution in [0.3, 0.4) is 0 Å². The Morgan fingerprint density at radius 1 is 0.958 bits per heavy atom. The maximum Gasteiger partial charge on any atom is 0.330 e. The Hall–Kier alpha value is -1.57. The van der Waals surface area contributed by atoms with Crippen molar-refractivity contribution in [3.05, 3.63) is 48.6 Å². The molecule has 1 fully saturated rings. The van der Waals surface area contributed by atoms with Crippen LogP contribution in [0.2, 0.25) is 0 Å². The van der Waals surface area contributed by atoms with E-state index in [4.69, 9.17) is 4.74 Å². The largest absolute Gasteiger partial charge is 0.459 e. The fraction of sp³-hybridized carbons (Fsp3) is 0.591. The average Bonchev–Trinajstić information content (AvgIpc) is 2.60. The molecule has 1 aliphatic carbocycles. The fourth-order valence-corrected chi connectivity index (χ4v) is 3.74. The standard InChI is InChI=1S/C22H32O2/c1-2-22(23)24-21-17-13-8-6-4-3-5-7-12-16-20(21)18-19-14-10-9-11-15-19/h2,9-11,14-15,20-21H,1,3-8,12-13,16-18H2. The highest BCUT2D eigenvalue weighted by molar-refractivity contribution is 5.81. The zero-order valence-electron chi connectivity index (χ0n) is 14.9. The van der Waals surface area contributed by atoms with Gasteiger partial charge in [-0.2, -0.15) is 0 Å². The van der Waals surface area contributed by atoms with Crippen LogP contribution in [0, 0.1) is 5.92 Å². The van der Waals surface area contributed by atoms with E-state index in [9.17, 15) is 4.79 Å². The Morgan fingerprint density at radius 3 is 2.17 bits per heavy atom. The number of benzene rings is 1. The van der Waals surface area contributed by atoms with Gasteiger partial charge in [0, 0.05) is 6.08 Å². The van der Waals surface area contributed by atoms with Crippen LogP contribution >= 0.6 is 0 Å². The predicted molar refractivity (Wildman–Crippen MR) is 99.9 cm³/mol. The molecule has 132 valence electrons. The topological polar surface area (TPSA) is 26.3 Å². The maximum absolute atomic E-state index is 11.8. The molecular formula is C22H32O2. The number of ether oxygens (including phenoxy) is 1. The summed E-state index contributed by atoms with van der Waals surface area (Å²) in [6.45, 7) is 3.56. The molecule has 1 saturated carbocycles. The van der Waals surface area contributed by atoms with Crippen LogP contribution in [0.1, 0.15) is 69.8 Å². The Balaban J connectivity index is 2.07. The molecule has 0 saturated heterocycles. The van der Waals surface area contributed by atoms with Crippen molar-refractivity contribution >= 4 is 5.97 Å². The molecule has 0 N–H and O–H groups in total. The molecule has 0 amide bonds. The first kappa shape index (κ1) is 18.8. The van der Waals surface area contributed by atoms with Gasteiger partial charge in [-0.25, -0.2) is 4.79 Å². The van der Waals surface area contributed by atoms with E-state index in [0.717, 1.165) is 25.7 Å². The maximum atomic E-state index is 11.8. The molecule has 2 unspecified atom stereocenters. The third-order valence-corrected chi connectivity index (χ3v) is 5.11.